The Kier molecular flexibility index (Phi) is 2.38. The summed E-state index contributed by atoms with van der Waals surface area (Å²) in [4.78, 5) is 4.07. The van der Waals surface area contributed by atoms with Gasteiger partial charge in [0, 0.05) is 17.8 Å². The normalized spacial score (nSPS) is 11.2. The highest BCUT2D eigenvalue weighted by Crippen LogP contribution is 2.16. The first kappa shape index (κ1) is 8.66. The molecule has 0 unspecified atom stereocenters. The van der Waals surface area contributed by atoms with Gasteiger partial charge in [0.1, 0.15) is 16.8 Å². The summed E-state index contributed by atoms with van der Waals surface area (Å²) in [6.07, 6.45) is 5.11. The SMILES string of the molecule is N#CC(=Cc1nccs1)c1cc[nH]n1. The molecule has 0 radical (unpaired) electrons. The van der Waals surface area contributed by atoms with Crippen molar-refractivity contribution in [2.24, 2.45) is 0 Å². The molecular formula is C9H6N4S. The molecule has 2 aromatic heterocycles. The first-order valence-electron chi connectivity index (χ1n) is 3.91. The van der Waals surface area contributed by atoms with Gasteiger partial charge in [0.25, 0.3) is 0 Å². The Bertz CT molecular complexity index is 461. The van der Waals surface area contributed by atoms with Gasteiger partial charge in [0.2, 0.25) is 0 Å². The standard InChI is InChI=1S/C9H6N4S/c10-6-7(8-1-2-12-13-8)5-9-11-3-4-14-9/h1-5H,(H,12,13). The summed E-state index contributed by atoms with van der Waals surface area (Å²) < 4.78 is 0. The van der Waals surface area contributed by atoms with Crippen molar-refractivity contribution in [3.8, 4) is 6.07 Å². The van der Waals surface area contributed by atoms with E-state index in [2.05, 4.69) is 21.3 Å². The molecule has 14 heavy (non-hydrogen) atoms. The van der Waals surface area contributed by atoms with Crippen LogP contribution in [-0.4, -0.2) is 15.2 Å². The highest BCUT2D eigenvalue weighted by atomic mass is 32.1. The molecule has 0 saturated carbocycles. The van der Waals surface area contributed by atoms with E-state index < -0.39 is 0 Å². The average Bonchev–Trinajstić information content (AvgIpc) is 2.86. The van der Waals surface area contributed by atoms with E-state index in [-0.39, 0.29) is 0 Å². The fourth-order valence-electron chi connectivity index (χ4n) is 1.00. The molecule has 0 saturated heterocycles. The summed E-state index contributed by atoms with van der Waals surface area (Å²) in [5.74, 6) is 0. The quantitative estimate of drug-likeness (QED) is 0.757. The van der Waals surface area contributed by atoms with Crippen LogP contribution < -0.4 is 0 Å². The Labute approximate surface area is 84.5 Å². The van der Waals surface area contributed by atoms with E-state index in [1.54, 1.807) is 24.5 Å². The average molecular weight is 202 g/mol. The second-order valence-electron chi connectivity index (χ2n) is 2.50. The van der Waals surface area contributed by atoms with Crippen LogP contribution in [0.4, 0.5) is 0 Å². The van der Waals surface area contributed by atoms with E-state index in [0.717, 1.165) is 5.01 Å². The summed E-state index contributed by atoms with van der Waals surface area (Å²) in [6, 6.07) is 3.84. The topological polar surface area (TPSA) is 65.4 Å². The third-order valence-electron chi connectivity index (χ3n) is 1.62. The van der Waals surface area contributed by atoms with Crippen LogP contribution >= 0.6 is 11.3 Å². The second-order valence-corrected chi connectivity index (χ2v) is 3.43. The van der Waals surface area contributed by atoms with Crippen molar-refractivity contribution in [2.75, 3.05) is 0 Å². The van der Waals surface area contributed by atoms with Gasteiger partial charge in [-0.05, 0) is 12.1 Å². The summed E-state index contributed by atoms with van der Waals surface area (Å²) >= 11 is 1.49. The lowest BCUT2D eigenvalue weighted by Crippen LogP contribution is -1.81. The number of nitrogens with one attached hydrogen (secondary N) is 1. The van der Waals surface area contributed by atoms with Gasteiger partial charge >= 0.3 is 0 Å². The van der Waals surface area contributed by atoms with E-state index in [0.29, 0.717) is 11.3 Å². The minimum absolute atomic E-state index is 0.515. The van der Waals surface area contributed by atoms with Crippen molar-refractivity contribution in [2.45, 2.75) is 0 Å². The van der Waals surface area contributed by atoms with E-state index in [1.165, 1.54) is 11.3 Å². The molecule has 68 valence electrons. The van der Waals surface area contributed by atoms with Crippen molar-refractivity contribution >= 4 is 23.0 Å². The third-order valence-corrected chi connectivity index (χ3v) is 2.34. The van der Waals surface area contributed by atoms with Gasteiger partial charge in [-0.2, -0.15) is 10.4 Å². The van der Waals surface area contributed by atoms with E-state index >= 15 is 0 Å². The number of aromatic nitrogens is 3. The highest BCUT2D eigenvalue weighted by Gasteiger charge is 2.03. The van der Waals surface area contributed by atoms with Crippen molar-refractivity contribution < 1.29 is 0 Å². The van der Waals surface area contributed by atoms with Crippen molar-refractivity contribution in [1.29, 1.82) is 5.26 Å². The lowest BCUT2D eigenvalue weighted by molar-refractivity contribution is 1.08. The number of allylic oxidation sites excluding steroid dienone is 1. The Balaban J connectivity index is 2.37. The van der Waals surface area contributed by atoms with Gasteiger partial charge in [-0.1, -0.05) is 0 Å². The van der Waals surface area contributed by atoms with Gasteiger partial charge in [0.05, 0.1) is 5.57 Å². The molecule has 0 aliphatic carbocycles. The van der Waals surface area contributed by atoms with Gasteiger partial charge in [-0.3, -0.25) is 5.10 Å². The van der Waals surface area contributed by atoms with Gasteiger partial charge in [-0.25, -0.2) is 4.98 Å². The maximum atomic E-state index is 8.90. The largest absolute Gasteiger partial charge is 0.285 e. The molecule has 2 heterocycles. The van der Waals surface area contributed by atoms with Crippen LogP contribution in [-0.2, 0) is 0 Å². The number of aromatic amines is 1. The number of hydrogen-bond donors (Lipinski definition) is 1. The number of nitrogens with zero attached hydrogens (tertiary/aromatic N) is 3. The summed E-state index contributed by atoms with van der Waals surface area (Å²) in [5.41, 5.74) is 1.16. The molecule has 0 atom stereocenters. The molecule has 0 aliphatic heterocycles. The zero-order valence-electron chi connectivity index (χ0n) is 7.14. The van der Waals surface area contributed by atoms with Crippen LogP contribution in [0, 0.1) is 11.3 Å². The zero-order chi connectivity index (χ0) is 9.80. The number of rotatable bonds is 2. The minimum atomic E-state index is 0.515. The predicted octanol–water partition coefficient (Wildman–Crippen LogP) is 1.93. The predicted molar refractivity (Wildman–Crippen MR) is 54.2 cm³/mol. The minimum Gasteiger partial charge on any atom is -0.285 e. The summed E-state index contributed by atoms with van der Waals surface area (Å²) in [7, 11) is 0. The number of thiazole rings is 1. The zero-order valence-corrected chi connectivity index (χ0v) is 7.95. The van der Waals surface area contributed by atoms with Crippen molar-refractivity contribution in [3.63, 3.8) is 0 Å². The summed E-state index contributed by atoms with van der Waals surface area (Å²) in [6.45, 7) is 0. The Morgan fingerprint density at radius 2 is 2.57 bits per heavy atom. The number of H-pyrrole nitrogens is 1. The molecular weight excluding hydrogens is 196 g/mol. The molecule has 0 bridgehead atoms. The molecule has 2 rings (SSSR count). The molecule has 2 aromatic rings. The van der Waals surface area contributed by atoms with Crippen LogP contribution in [0.5, 0.6) is 0 Å². The second kappa shape index (κ2) is 3.85. The van der Waals surface area contributed by atoms with E-state index in [4.69, 9.17) is 5.26 Å². The fourth-order valence-corrected chi connectivity index (χ4v) is 1.57. The molecule has 0 fully saturated rings. The molecule has 5 heteroatoms. The first-order chi connectivity index (χ1) is 6.90. The number of hydrogen-bond acceptors (Lipinski definition) is 4. The van der Waals surface area contributed by atoms with Crippen LogP contribution in [0.1, 0.15) is 10.7 Å². The van der Waals surface area contributed by atoms with Crippen LogP contribution in [0.3, 0.4) is 0 Å². The van der Waals surface area contributed by atoms with Gasteiger partial charge < -0.3 is 0 Å². The molecule has 0 spiro atoms. The lowest BCUT2D eigenvalue weighted by Gasteiger charge is -1.89. The molecule has 1 N–H and O–H groups in total. The van der Waals surface area contributed by atoms with Crippen LogP contribution in [0.25, 0.3) is 11.6 Å². The Morgan fingerprint density at radius 3 is 3.14 bits per heavy atom. The first-order valence-corrected chi connectivity index (χ1v) is 4.79. The molecule has 0 aromatic carbocycles. The monoisotopic (exact) mass is 202 g/mol. The molecule has 4 nitrogen and oxygen atoms in total. The Morgan fingerprint density at radius 1 is 1.64 bits per heavy atom. The van der Waals surface area contributed by atoms with Crippen molar-refractivity contribution in [3.05, 3.63) is 34.5 Å². The third kappa shape index (κ3) is 1.70. The molecule has 0 aliphatic rings. The van der Waals surface area contributed by atoms with Crippen molar-refractivity contribution in [1.82, 2.24) is 15.2 Å². The highest BCUT2D eigenvalue weighted by molar-refractivity contribution is 7.10. The van der Waals surface area contributed by atoms with Gasteiger partial charge in [0.15, 0.2) is 0 Å². The van der Waals surface area contributed by atoms with Crippen LogP contribution in [0.15, 0.2) is 23.8 Å². The van der Waals surface area contributed by atoms with E-state index in [1.807, 2.05) is 5.38 Å². The fraction of sp³-hybridized carbons (Fsp3) is 0. The van der Waals surface area contributed by atoms with Gasteiger partial charge in [-0.15, -0.1) is 11.3 Å². The summed E-state index contributed by atoms with van der Waals surface area (Å²) in [5, 5.41) is 18.2. The smallest absolute Gasteiger partial charge is 0.117 e. The maximum absolute atomic E-state index is 8.90. The molecule has 0 amide bonds. The van der Waals surface area contributed by atoms with E-state index in [9.17, 15) is 0 Å². The number of nitriles is 1. The maximum Gasteiger partial charge on any atom is 0.117 e. The lowest BCUT2D eigenvalue weighted by atomic mass is 10.2. The van der Waals surface area contributed by atoms with Crippen LogP contribution in [0.2, 0.25) is 0 Å². The Hall–Kier alpha value is -1.93.